The highest BCUT2D eigenvalue weighted by atomic mass is 16.3. The van der Waals surface area contributed by atoms with Gasteiger partial charge in [-0.2, -0.15) is 0 Å². The number of nitrogens with one attached hydrogen (secondary N) is 1. The summed E-state index contributed by atoms with van der Waals surface area (Å²) in [4.78, 5) is 4.39. The lowest BCUT2D eigenvalue weighted by atomic mass is 10.0. The smallest absolute Gasteiger partial charge is 0.0667 e. The number of rotatable bonds is 8. The van der Waals surface area contributed by atoms with E-state index in [1.165, 1.54) is 0 Å². The van der Waals surface area contributed by atoms with Crippen LogP contribution in [0.1, 0.15) is 51.8 Å². The molecule has 1 heterocycles. The van der Waals surface area contributed by atoms with Gasteiger partial charge in [0.05, 0.1) is 11.8 Å². The number of hydrogen-bond acceptors (Lipinski definition) is 3. The first-order chi connectivity index (χ1) is 8.63. The molecule has 2 atom stereocenters. The highest BCUT2D eigenvalue weighted by Gasteiger charge is 2.13. The molecule has 0 amide bonds. The molecule has 0 spiro atoms. The van der Waals surface area contributed by atoms with Gasteiger partial charge in [-0.25, -0.2) is 0 Å². The van der Waals surface area contributed by atoms with Crippen molar-refractivity contribution in [1.82, 2.24) is 10.3 Å². The number of nitrogens with zero attached hydrogens (tertiary/aromatic N) is 1. The van der Waals surface area contributed by atoms with Gasteiger partial charge in [-0.05, 0) is 30.9 Å². The molecule has 0 aliphatic rings. The topological polar surface area (TPSA) is 45.1 Å². The molecule has 0 saturated carbocycles. The third kappa shape index (κ3) is 5.61. The standard InChI is InChI=1S/C15H26N2O/c1-4-7-14(15-8-5-6-9-16-15)17-11-13(18)10-12(2)3/h5-6,8-9,12-14,17-18H,4,7,10-11H2,1-3H3. The van der Waals surface area contributed by atoms with E-state index >= 15 is 0 Å². The highest BCUT2D eigenvalue weighted by Crippen LogP contribution is 2.16. The summed E-state index contributed by atoms with van der Waals surface area (Å²) in [5.74, 6) is 0.529. The zero-order chi connectivity index (χ0) is 13.4. The molecule has 0 aliphatic carbocycles. The zero-order valence-electron chi connectivity index (χ0n) is 11.8. The Morgan fingerprint density at radius 1 is 1.33 bits per heavy atom. The molecule has 1 rings (SSSR count). The Hall–Kier alpha value is -0.930. The van der Waals surface area contributed by atoms with Crippen molar-refractivity contribution in [2.24, 2.45) is 5.92 Å². The minimum atomic E-state index is -0.270. The fraction of sp³-hybridized carbons (Fsp3) is 0.667. The van der Waals surface area contributed by atoms with Crippen molar-refractivity contribution < 1.29 is 5.11 Å². The third-order valence-corrected chi connectivity index (χ3v) is 2.97. The van der Waals surface area contributed by atoms with Crippen molar-refractivity contribution in [1.29, 1.82) is 0 Å². The van der Waals surface area contributed by atoms with Crippen LogP contribution in [0.2, 0.25) is 0 Å². The van der Waals surface area contributed by atoms with Crippen molar-refractivity contribution in [2.75, 3.05) is 6.54 Å². The van der Waals surface area contributed by atoms with E-state index in [-0.39, 0.29) is 12.1 Å². The van der Waals surface area contributed by atoms with Gasteiger partial charge in [-0.3, -0.25) is 4.98 Å². The second-order valence-electron chi connectivity index (χ2n) is 5.29. The first-order valence-electron chi connectivity index (χ1n) is 6.95. The molecule has 3 nitrogen and oxygen atoms in total. The predicted octanol–water partition coefficient (Wildman–Crippen LogP) is 2.92. The molecular weight excluding hydrogens is 224 g/mol. The fourth-order valence-electron chi connectivity index (χ4n) is 2.13. The van der Waals surface area contributed by atoms with Crippen LogP contribution in [0.5, 0.6) is 0 Å². The fourth-order valence-corrected chi connectivity index (χ4v) is 2.13. The van der Waals surface area contributed by atoms with Gasteiger partial charge < -0.3 is 10.4 Å². The molecule has 18 heavy (non-hydrogen) atoms. The summed E-state index contributed by atoms with van der Waals surface area (Å²) in [6.07, 6.45) is 4.55. The quantitative estimate of drug-likeness (QED) is 0.745. The van der Waals surface area contributed by atoms with Crippen LogP contribution in [0.25, 0.3) is 0 Å². The number of aromatic nitrogens is 1. The molecule has 0 saturated heterocycles. The van der Waals surface area contributed by atoms with Gasteiger partial charge in [-0.15, -0.1) is 0 Å². The monoisotopic (exact) mass is 250 g/mol. The average Bonchev–Trinajstić information content (AvgIpc) is 2.34. The minimum Gasteiger partial charge on any atom is -0.392 e. The van der Waals surface area contributed by atoms with E-state index in [4.69, 9.17) is 0 Å². The van der Waals surface area contributed by atoms with E-state index < -0.39 is 0 Å². The largest absolute Gasteiger partial charge is 0.392 e. The first-order valence-corrected chi connectivity index (χ1v) is 6.95. The van der Waals surface area contributed by atoms with Crippen LogP contribution >= 0.6 is 0 Å². The van der Waals surface area contributed by atoms with Gasteiger partial charge in [0.1, 0.15) is 0 Å². The van der Waals surface area contributed by atoms with Gasteiger partial charge >= 0.3 is 0 Å². The lowest BCUT2D eigenvalue weighted by molar-refractivity contribution is 0.141. The van der Waals surface area contributed by atoms with Gasteiger partial charge in [0, 0.05) is 18.8 Å². The first kappa shape index (κ1) is 15.1. The number of aliphatic hydroxyl groups excluding tert-OH is 1. The van der Waals surface area contributed by atoms with Gasteiger partial charge in [0.15, 0.2) is 0 Å². The summed E-state index contributed by atoms with van der Waals surface area (Å²) in [6, 6.07) is 6.23. The molecule has 102 valence electrons. The lowest BCUT2D eigenvalue weighted by Crippen LogP contribution is -2.31. The molecular formula is C15H26N2O. The Labute approximate surface area is 111 Å². The maximum Gasteiger partial charge on any atom is 0.0667 e. The van der Waals surface area contributed by atoms with Crippen molar-refractivity contribution in [3.63, 3.8) is 0 Å². The van der Waals surface area contributed by atoms with Crippen LogP contribution in [0.3, 0.4) is 0 Å². The van der Waals surface area contributed by atoms with E-state index in [9.17, 15) is 5.11 Å². The molecule has 2 unspecified atom stereocenters. The summed E-state index contributed by atoms with van der Waals surface area (Å²) in [6.45, 7) is 7.07. The van der Waals surface area contributed by atoms with E-state index in [1.54, 1.807) is 0 Å². The maximum absolute atomic E-state index is 9.90. The number of pyridine rings is 1. The van der Waals surface area contributed by atoms with Crippen LogP contribution in [0.4, 0.5) is 0 Å². The Bertz CT molecular complexity index is 314. The minimum absolute atomic E-state index is 0.248. The zero-order valence-corrected chi connectivity index (χ0v) is 11.8. The molecule has 1 aromatic rings. The lowest BCUT2D eigenvalue weighted by Gasteiger charge is -2.20. The molecule has 2 N–H and O–H groups in total. The van der Waals surface area contributed by atoms with E-state index in [0.717, 1.165) is 25.0 Å². The molecule has 3 heteroatoms. The summed E-state index contributed by atoms with van der Waals surface area (Å²) in [7, 11) is 0. The SMILES string of the molecule is CCCC(NCC(O)CC(C)C)c1ccccn1. The van der Waals surface area contributed by atoms with Crippen LogP contribution in [-0.2, 0) is 0 Å². The Morgan fingerprint density at radius 3 is 2.67 bits per heavy atom. The summed E-state index contributed by atoms with van der Waals surface area (Å²) < 4.78 is 0. The Morgan fingerprint density at radius 2 is 2.11 bits per heavy atom. The molecule has 0 aromatic carbocycles. The van der Waals surface area contributed by atoms with Crippen molar-refractivity contribution in [2.45, 2.75) is 52.2 Å². The van der Waals surface area contributed by atoms with Crippen molar-refractivity contribution >= 4 is 0 Å². The van der Waals surface area contributed by atoms with Gasteiger partial charge in [0.25, 0.3) is 0 Å². The number of hydrogen-bond donors (Lipinski definition) is 2. The molecule has 1 aromatic heterocycles. The van der Waals surface area contributed by atoms with Crippen LogP contribution in [-0.4, -0.2) is 22.7 Å². The average molecular weight is 250 g/mol. The van der Waals surface area contributed by atoms with Gasteiger partial charge in [0.2, 0.25) is 0 Å². The second-order valence-corrected chi connectivity index (χ2v) is 5.29. The molecule has 0 radical (unpaired) electrons. The maximum atomic E-state index is 9.90. The van der Waals surface area contributed by atoms with Crippen LogP contribution in [0.15, 0.2) is 24.4 Å². The van der Waals surface area contributed by atoms with Gasteiger partial charge in [-0.1, -0.05) is 33.3 Å². The third-order valence-electron chi connectivity index (χ3n) is 2.97. The van der Waals surface area contributed by atoms with E-state index in [0.29, 0.717) is 12.5 Å². The normalized spacial score (nSPS) is 14.7. The summed E-state index contributed by atoms with van der Waals surface area (Å²) in [5.41, 5.74) is 1.07. The second kappa shape index (κ2) is 8.22. The van der Waals surface area contributed by atoms with E-state index in [1.807, 2.05) is 24.4 Å². The van der Waals surface area contributed by atoms with E-state index in [2.05, 4.69) is 31.1 Å². The van der Waals surface area contributed by atoms with Crippen molar-refractivity contribution in [3.05, 3.63) is 30.1 Å². The van der Waals surface area contributed by atoms with Crippen molar-refractivity contribution in [3.8, 4) is 0 Å². The Kier molecular flexibility index (Phi) is 6.91. The number of aliphatic hydroxyl groups is 1. The highest BCUT2D eigenvalue weighted by molar-refractivity contribution is 5.08. The Balaban J connectivity index is 2.48. The molecule has 0 fully saturated rings. The molecule has 0 bridgehead atoms. The summed E-state index contributed by atoms with van der Waals surface area (Å²) >= 11 is 0. The molecule has 0 aliphatic heterocycles. The van der Waals surface area contributed by atoms with Crippen LogP contribution < -0.4 is 5.32 Å². The predicted molar refractivity (Wildman–Crippen MR) is 75.4 cm³/mol. The van der Waals surface area contributed by atoms with Crippen LogP contribution in [0, 0.1) is 5.92 Å². The summed E-state index contributed by atoms with van der Waals surface area (Å²) in [5, 5.41) is 13.3.